The molecule has 4 nitrogen and oxygen atoms in total. The standard InChI is InChI=1S/C15H21FN2O2/c1-10-8-18(9-11(2)17(10)3)15(19)13-6-5-12(20-4)7-14(13)16/h5-7,10-11H,8-9H2,1-4H3. The van der Waals surface area contributed by atoms with Crippen LogP contribution in [0.5, 0.6) is 5.75 Å². The second-order valence-corrected chi connectivity index (χ2v) is 5.42. The maximum atomic E-state index is 14.0. The molecule has 0 radical (unpaired) electrons. The lowest BCUT2D eigenvalue weighted by Crippen LogP contribution is -2.56. The summed E-state index contributed by atoms with van der Waals surface area (Å²) in [6, 6.07) is 4.88. The van der Waals surface area contributed by atoms with E-state index in [9.17, 15) is 9.18 Å². The number of rotatable bonds is 2. The summed E-state index contributed by atoms with van der Waals surface area (Å²) < 4.78 is 18.9. The number of halogens is 1. The summed E-state index contributed by atoms with van der Waals surface area (Å²) in [4.78, 5) is 16.4. The molecule has 20 heavy (non-hydrogen) atoms. The van der Waals surface area contributed by atoms with Gasteiger partial charge in [0, 0.05) is 31.2 Å². The maximum Gasteiger partial charge on any atom is 0.256 e. The Morgan fingerprint density at radius 1 is 1.30 bits per heavy atom. The number of nitrogens with zero attached hydrogens (tertiary/aromatic N) is 2. The van der Waals surface area contributed by atoms with Crippen LogP contribution in [-0.4, -0.2) is 55.0 Å². The van der Waals surface area contributed by atoms with Crippen molar-refractivity contribution in [2.75, 3.05) is 27.2 Å². The van der Waals surface area contributed by atoms with Gasteiger partial charge in [0.2, 0.25) is 0 Å². The minimum atomic E-state index is -0.534. The van der Waals surface area contributed by atoms with E-state index in [0.717, 1.165) is 0 Å². The van der Waals surface area contributed by atoms with Crippen molar-refractivity contribution >= 4 is 5.91 Å². The van der Waals surface area contributed by atoms with E-state index in [1.165, 1.54) is 19.2 Å². The van der Waals surface area contributed by atoms with Crippen LogP contribution in [-0.2, 0) is 0 Å². The van der Waals surface area contributed by atoms with Crippen LogP contribution in [0.15, 0.2) is 18.2 Å². The molecule has 1 heterocycles. The molecular formula is C15H21FN2O2. The summed E-state index contributed by atoms with van der Waals surface area (Å²) in [5.74, 6) is -0.371. The molecule has 5 heteroatoms. The molecule has 0 aliphatic carbocycles. The number of hydrogen-bond donors (Lipinski definition) is 0. The lowest BCUT2D eigenvalue weighted by molar-refractivity contribution is 0.0410. The number of methoxy groups -OCH3 is 1. The highest BCUT2D eigenvalue weighted by Crippen LogP contribution is 2.20. The number of likely N-dealkylation sites (N-methyl/N-ethyl adjacent to an activating group) is 1. The van der Waals surface area contributed by atoms with Crippen LogP contribution in [0.25, 0.3) is 0 Å². The molecule has 0 saturated carbocycles. The first kappa shape index (κ1) is 14.8. The van der Waals surface area contributed by atoms with Crippen LogP contribution in [0.4, 0.5) is 4.39 Å². The average molecular weight is 280 g/mol. The highest BCUT2D eigenvalue weighted by Gasteiger charge is 2.30. The first-order chi connectivity index (χ1) is 9.43. The number of ether oxygens (including phenoxy) is 1. The summed E-state index contributed by atoms with van der Waals surface area (Å²) in [5, 5.41) is 0. The number of carbonyl (C=O) groups is 1. The van der Waals surface area contributed by atoms with Gasteiger partial charge >= 0.3 is 0 Å². The van der Waals surface area contributed by atoms with Crippen LogP contribution in [0.3, 0.4) is 0 Å². The van der Waals surface area contributed by atoms with Gasteiger partial charge in [-0.2, -0.15) is 0 Å². The van der Waals surface area contributed by atoms with Gasteiger partial charge in [0.25, 0.3) is 5.91 Å². The molecule has 0 spiro atoms. The van der Waals surface area contributed by atoms with Gasteiger partial charge in [-0.15, -0.1) is 0 Å². The van der Waals surface area contributed by atoms with E-state index < -0.39 is 5.82 Å². The zero-order valence-corrected chi connectivity index (χ0v) is 12.4. The van der Waals surface area contributed by atoms with Crippen molar-refractivity contribution in [3.05, 3.63) is 29.6 Å². The van der Waals surface area contributed by atoms with Crippen molar-refractivity contribution in [3.8, 4) is 5.75 Å². The van der Waals surface area contributed by atoms with Gasteiger partial charge < -0.3 is 9.64 Å². The third kappa shape index (κ3) is 2.77. The summed E-state index contributed by atoms with van der Waals surface area (Å²) in [6.45, 7) is 5.37. The molecule has 2 unspecified atom stereocenters. The normalized spacial score (nSPS) is 23.8. The maximum absolute atomic E-state index is 14.0. The molecule has 1 amide bonds. The van der Waals surface area contributed by atoms with Crippen LogP contribution in [0.1, 0.15) is 24.2 Å². The van der Waals surface area contributed by atoms with E-state index in [2.05, 4.69) is 18.7 Å². The highest BCUT2D eigenvalue weighted by atomic mass is 19.1. The van der Waals surface area contributed by atoms with Gasteiger partial charge in [0.1, 0.15) is 11.6 Å². The van der Waals surface area contributed by atoms with Gasteiger partial charge in [0.05, 0.1) is 12.7 Å². The fraction of sp³-hybridized carbons (Fsp3) is 0.533. The Hall–Kier alpha value is -1.62. The molecule has 0 N–H and O–H groups in total. The van der Waals surface area contributed by atoms with Crippen molar-refractivity contribution in [3.63, 3.8) is 0 Å². The number of piperazine rings is 1. The minimum absolute atomic E-state index is 0.106. The number of hydrogen-bond acceptors (Lipinski definition) is 3. The molecule has 1 aliphatic heterocycles. The minimum Gasteiger partial charge on any atom is -0.497 e. The summed E-state index contributed by atoms with van der Waals surface area (Å²) in [7, 11) is 3.52. The fourth-order valence-electron chi connectivity index (χ4n) is 2.54. The van der Waals surface area contributed by atoms with Crippen molar-refractivity contribution in [1.82, 2.24) is 9.80 Å². The first-order valence-electron chi connectivity index (χ1n) is 6.78. The SMILES string of the molecule is COc1ccc(C(=O)N2CC(C)N(C)C(C)C2)c(F)c1. The first-order valence-corrected chi connectivity index (χ1v) is 6.78. The van der Waals surface area contributed by atoms with E-state index in [1.54, 1.807) is 11.0 Å². The Morgan fingerprint density at radius 3 is 2.40 bits per heavy atom. The van der Waals surface area contributed by atoms with E-state index in [4.69, 9.17) is 4.74 Å². The molecule has 1 aromatic carbocycles. The van der Waals surface area contributed by atoms with Crippen molar-refractivity contribution in [1.29, 1.82) is 0 Å². The molecule has 110 valence electrons. The molecule has 0 aromatic heterocycles. The van der Waals surface area contributed by atoms with Gasteiger partial charge in [-0.1, -0.05) is 0 Å². The Kier molecular flexibility index (Phi) is 4.28. The summed E-state index contributed by atoms with van der Waals surface area (Å²) >= 11 is 0. The molecular weight excluding hydrogens is 259 g/mol. The van der Waals surface area contributed by atoms with E-state index in [0.29, 0.717) is 18.8 Å². The molecule has 1 fully saturated rings. The third-order valence-electron chi connectivity index (χ3n) is 4.05. The molecule has 2 rings (SSSR count). The Labute approximate surface area is 119 Å². The van der Waals surface area contributed by atoms with E-state index in [1.807, 2.05) is 7.05 Å². The predicted molar refractivity (Wildman–Crippen MR) is 75.5 cm³/mol. The molecule has 0 bridgehead atoms. The predicted octanol–water partition coefficient (Wildman–Crippen LogP) is 2.00. The molecule has 1 saturated heterocycles. The van der Waals surface area contributed by atoms with Crippen molar-refractivity contribution in [2.45, 2.75) is 25.9 Å². The lowest BCUT2D eigenvalue weighted by atomic mass is 10.1. The zero-order chi connectivity index (χ0) is 14.9. The quantitative estimate of drug-likeness (QED) is 0.830. The zero-order valence-electron chi connectivity index (χ0n) is 12.4. The number of amides is 1. The van der Waals surface area contributed by atoms with Gasteiger partial charge in [-0.3, -0.25) is 9.69 Å². The van der Waals surface area contributed by atoms with Crippen LogP contribution < -0.4 is 4.74 Å². The molecule has 1 aromatic rings. The fourth-order valence-corrected chi connectivity index (χ4v) is 2.54. The smallest absolute Gasteiger partial charge is 0.256 e. The second kappa shape index (κ2) is 5.79. The van der Waals surface area contributed by atoms with E-state index >= 15 is 0 Å². The highest BCUT2D eigenvalue weighted by molar-refractivity contribution is 5.94. The largest absolute Gasteiger partial charge is 0.497 e. The Morgan fingerprint density at radius 2 is 1.90 bits per heavy atom. The van der Waals surface area contributed by atoms with Crippen LogP contribution >= 0.6 is 0 Å². The van der Waals surface area contributed by atoms with Gasteiger partial charge in [0.15, 0.2) is 0 Å². The Bertz CT molecular complexity index is 495. The van der Waals surface area contributed by atoms with Gasteiger partial charge in [-0.05, 0) is 33.0 Å². The van der Waals surface area contributed by atoms with Crippen molar-refractivity contribution < 1.29 is 13.9 Å². The van der Waals surface area contributed by atoms with Crippen LogP contribution in [0, 0.1) is 5.82 Å². The van der Waals surface area contributed by atoms with Crippen LogP contribution in [0.2, 0.25) is 0 Å². The third-order valence-corrected chi connectivity index (χ3v) is 4.05. The van der Waals surface area contributed by atoms with Crippen molar-refractivity contribution in [2.24, 2.45) is 0 Å². The topological polar surface area (TPSA) is 32.8 Å². The monoisotopic (exact) mass is 280 g/mol. The Balaban J connectivity index is 2.19. The number of benzene rings is 1. The number of carbonyl (C=O) groups excluding carboxylic acids is 1. The molecule has 1 aliphatic rings. The second-order valence-electron chi connectivity index (χ2n) is 5.42. The van der Waals surface area contributed by atoms with Gasteiger partial charge in [-0.25, -0.2) is 4.39 Å². The summed E-state index contributed by atoms with van der Waals surface area (Å²) in [5.41, 5.74) is 0.106. The van der Waals surface area contributed by atoms with E-state index in [-0.39, 0.29) is 23.6 Å². The summed E-state index contributed by atoms with van der Waals surface area (Å²) in [6.07, 6.45) is 0. The average Bonchev–Trinajstić information content (AvgIpc) is 2.43. The molecule has 2 atom stereocenters. The lowest BCUT2D eigenvalue weighted by Gasteiger charge is -2.42.